The zero-order valence-electron chi connectivity index (χ0n) is 13.4. The summed E-state index contributed by atoms with van der Waals surface area (Å²) < 4.78 is 5.15. The highest BCUT2D eigenvalue weighted by atomic mass is 16.5. The van der Waals surface area contributed by atoms with Gasteiger partial charge in [-0.25, -0.2) is 9.97 Å². The molecular weight excluding hydrogens is 304 g/mol. The van der Waals surface area contributed by atoms with Crippen LogP contribution >= 0.6 is 0 Å². The second kappa shape index (κ2) is 8.38. The van der Waals surface area contributed by atoms with Crippen LogP contribution in [0.25, 0.3) is 5.57 Å². The van der Waals surface area contributed by atoms with Crippen molar-refractivity contribution in [2.45, 2.75) is 6.42 Å². The van der Waals surface area contributed by atoms with Crippen LogP contribution in [0.1, 0.15) is 11.4 Å². The van der Waals surface area contributed by atoms with Gasteiger partial charge in [0.25, 0.3) is 0 Å². The lowest BCUT2D eigenvalue weighted by Gasteiger charge is -2.10. The topological polar surface area (TPSA) is 77.0 Å². The minimum atomic E-state index is -0.210. The lowest BCUT2D eigenvalue weighted by molar-refractivity contribution is -0.115. The number of methoxy groups -OCH3 is 1. The summed E-state index contributed by atoms with van der Waals surface area (Å²) in [5.41, 5.74) is 1.92. The Bertz CT molecular complexity index is 770. The van der Waals surface area contributed by atoms with Crippen LogP contribution in [-0.2, 0) is 16.0 Å². The maximum Gasteiger partial charge on any atom is 0.231 e. The predicted octanol–water partition coefficient (Wildman–Crippen LogP) is 2.78. The Kier molecular flexibility index (Phi) is 5.96. The van der Waals surface area contributed by atoms with Crippen LogP contribution in [0, 0.1) is 0 Å². The maximum absolute atomic E-state index is 12.1. The van der Waals surface area contributed by atoms with Gasteiger partial charge in [-0.05, 0) is 18.2 Å². The van der Waals surface area contributed by atoms with E-state index in [0.717, 1.165) is 0 Å². The molecule has 1 amide bonds. The molecule has 0 radical (unpaired) electrons. The van der Waals surface area contributed by atoms with Crippen LogP contribution in [0.3, 0.4) is 0 Å². The maximum atomic E-state index is 12.1. The van der Waals surface area contributed by atoms with Gasteiger partial charge >= 0.3 is 0 Å². The highest BCUT2D eigenvalue weighted by Gasteiger charge is 2.11. The van der Waals surface area contributed by atoms with E-state index in [4.69, 9.17) is 4.74 Å². The van der Waals surface area contributed by atoms with Crippen molar-refractivity contribution >= 4 is 17.3 Å². The van der Waals surface area contributed by atoms with E-state index < -0.39 is 0 Å². The quantitative estimate of drug-likeness (QED) is 0.626. The van der Waals surface area contributed by atoms with Crippen molar-refractivity contribution in [3.8, 4) is 0 Å². The summed E-state index contributed by atoms with van der Waals surface area (Å²) in [5, 5.41) is 2.73. The molecule has 0 saturated carbocycles. The zero-order chi connectivity index (χ0) is 17.4. The van der Waals surface area contributed by atoms with E-state index in [-0.39, 0.29) is 12.3 Å². The molecule has 0 aromatic carbocycles. The molecule has 1 N–H and O–H groups in total. The van der Waals surface area contributed by atoms with E-state index in [9.17, 15) is 4.79 Å². The molecule has 2 rings (SSSR count). The third-order valence-electron chi connectivity index (χ3n) is 3.11. The Morgan fingerprint density at radius 3 is 2.83 bits per heavy atom. The number of rotatable bonds is 7. The molecule has 2 heterocycles. The van der Waals surface area contributed by atoms with Gasteiger partial charge in [0.2, 0.25) is 5.91 Å². The van der Waals surface area contributed by atoms with E-state index >= 15 is 0 Å². The standard InChI is InChI=1S/C18H18N4O2/c1-4-7-15(13(2)24-3)16-11-17(21-12-20-16)22-18(23)10-14-8-5-6-9-19-14/h4-9,11-12H,1-2,10H2,3H3,(H,20,21,22,23)/b15-7+. The Morgan fingerprint density at radius 1 is 1.33 bits per heavy atom. The fourth-order valence-electron chi connectivity index (χ4n) is 1.98. The molecule has 0 spiro atoms. The molecule has 24 heavy (non-hydrogen) atoms. The molecule has 6 heteroatoms. The zero-order valence-corrected chi connectivity index (χ0v) is 13.4. The number of aromatic nitrogens is 3. The van der Waals surface area contributed by atoms with Gasteiger partial charge in [-0.3, -0.25) is 9.78 Å². The minimum absolute atomic E-state index is 0.167. The van der Waals surface area contributed by atoms with Gasteiger partial charge in [0, 0.05) is 23.5 Å². The SMILES string of the molecule is C=C/C=C(\C(=C)OC)c1cc(NC(=O)Cc2ccccn2)ncn1. The second-order valence-corrected chi connectivity index (χ2v) is 4.78. The van der Waals surface area contributed by atoms with E-state index in [1.807, 2.05) is 6.07 Å². The fourth-order valence-corrected chi connectivity index (χ4v) is 1.98. The van der Waals surface area contributed by atoms with E-state index in [0.29, 0.717) is 28.5 Å². The Labute approximate surface area is 140 Å². The van der Waals surface area contributed by atoms with Gasteiger partial charge in [-0.2, -0.15) is 0 Å². The van der Waals surface area contributed by atoms with Crippen molar-refractivity contribution in [2.24, 2.45) is 0 Å². The summed E-state index contributed by atoms with van der Waals surface area (Å²) >= 11 is 0. The van der Waals surface area contributed by atoms with Crippen LogP contribution < -0.4 is 5.32 Å². The molecule has 122 valence electrons. The van der Waals surface area contributed by atoms with Crippen molar-refractivity contribution in [3.63, 3.8) is 0 Å². The smallest absolute Gasteiger partial charge is 0.231 e. The van der Waals surface area contributed by atoms with Crippen LogP contribution in [0.4, 0.5) is 5.82 Å². The highest BCUT2D eigenvalue weighted by molar-refractivity contribution is 5.91. The van der Waals surface area contributed by atoms with Crippen molar-refractivity contribution < 1.29 is 9.53 Å². The van der Waals surface area contributed by atoms with Gasteiger partial charge in [0.05, 0.1) is 19.2 Å². The molecule has 0 aliphatic heterocycles. The third-order valence-corrected chi connectivity index (χ3v) is 3.11. The number of ether oxygens (including phenoxy) is 1. The van der Waals surface area contributed by atoms with E-state index in [1.54, 1.807) is 36.5 Å². The number of hydrogen-bond acceptors (Lipinski definition) is 5. The Morgan fingerprint density at radius 2 is 2.17 bits per heavy atom. The first-order valence-corrected chi connectivity index (χ1v) is 7.22. The number of hydrogen-bond donors (Lipinski definition) is 1. The number of amides is 1. The van der Waals surface area contributed by atoms with E-state index in [1.165, 1.54) is 13.4 Å². The molecule has 0 atom stereocenters. The molecule has 0 bridgehead atoms. The number of allylic oxidation sites excluding steroid dienone is 3. The summed E-state index contributed by atoms with van der Waals surface area (Å²) in [6.07, 6.45) is 6.52. The average molecular weight is 322 g/mol. The van der Waals surface area contributed by atoms with Gasteiger partial charge in [0.1, 0.15) is 17.9 Å². The fraction of sp³-hybridized carbons (Fsp3) is 0.111. The molecule has 0 unspecified atom stereocenters. The molecule has 0 saturated heterocycles. The Balaban J connectivity index is 2.15. The van der Waals surface area contributed by atoms with Crippen molar-refractivity contribution in [1.29, 1.82) is 0 Å². The third kappa shape index (κ3) is 4.61. The van der Waals surface area contributed by atoms with Crippen LogP contribution in [0.15, 0.2) is 67.9 Å². The summed E-state index contributed by atoms with van der Waals surface area (Å²) in [4.78, 5) is 24.5. The first kappa shape index (κ1) is 17.1. The number of carbonyl (C=O) groups is 1. The number of pyridine rings is 1. The molecule has 0 fully saturated rings. The molecular formula is C18H18N4O2. The summed E-state index contributed by atoms with van der Waals surface area (Å²) in [6, 6.07) is 7.07. The average Bonchev–Trinajstić information content (AvgIpc) is 2.60. The van der Waals surface area contributed by atoms with Crippen LogP contribution in [0.5, 0.6) is 0 Å². The van der Waals surface area contributed by atoms with Crippen LogP contribution in [-0.4, -0.2) is 28.0 Å². The minimum Gasteiger partial charge on any atom is -0.497 e. The summed E-state index contributed by atoms with van der Waals surface area (Å²) in [7, 11) is 1.52. The molecule has 6 nitrogen and oxygen atoms in total. The predicted molar refractivity (Wildman–Crippen MR) is 92.9 cm³/mol. The first-order valence-electron chi connectivity index (χ1n) is 7.22. The molecule has 0 aliphatic rings. The lowest BCUT2D eigenvalue weighted by atomic mass is 10.1. The van der Waals surface area contributed by atoms with Crippen LogP contribution in [0.2, 0.25) is 0 Å². The Hall–Kier alpha value is -3.28. The van der Waals surface area contributed by atoms with Crippen molar-refractivity contribution in [1.82, 2.24) is 15.0 Å². The van der Waals surface area contributed by atoms with Crippen molar-refractivity contribution in [2.75, 3.05) is 12.4 Å². The van der Waals surface area contributed by atoms with E-state index in [2.05, 4.69) is 33.4 Å². The van der Waals surface area contributed by atoms with Crippen molar-refractivity contribution in [3.05, 3.63) is 79.2 Å². The van der Waals surface area contributed by atoms with Gasteiger partial charge in [0.15, 0.2) is 0 Å². The van der Waals surface area contributed by atoms with Gasteiger partial charge in [-0.1, -0.05) is 25.3 Å². The summed E-state index contributed by atoms with van der Waals surface area (Å²) in [5.74, 6) is 0.623. The monoisotopic (exact) mass is 322 g/mol. The number of carbonyl (C=O) groups excluding carboxylic acids is 1. The van der Waals surface area contributed by atoms with Gasteiger partial charge < -0.3 is 10.1 Å². The molecule has 2 aromatic heterocycles. The second-order valence-electron chi connectivity index (χ2n) is 4.78. The molecule has 2 aromatic rings. The normalized spacial score (nSPS) is 10.8. The summed E-state index contributed by atoms with van der Waals surface area (Å²) in [6.45, 7) is 7.49. The number of nitrogens with one attached hydrogen (secondary N) is 1. The number of anilines is 1. The largest absolute Gasteiger partial charge is 0.497 e. The number of nitrogens with zero attached hydrogens (tertiary/aromatic N) is 3. The molecule has 0 aliphatic carbocycles. The first-order chi connectivity index (χ1) is 11.6. The van der Waals surface area contributed by atoms with Gasteiger partial charge in [-0.15, -0.1) is 0 Å². The lowest BCUT2D eigenvalue weighted by Crippen LogP contribution is -2.16. The highest BCUT2D eigenvalue weighted by Crippen LogP contribution is 2.22.